The fraction of sp³-hybridized carbons (Fsp3) is 0.571. The second-order valence-corrected chi connectivity index (χ2v) is 5.40. The molecule has 0 aromatic heterocycles. The summed E-state index contributed by atoms with van der Waals surface area (Å²) < 4.78 is 17.3. The molecule has 2 atom stereocenters. The largest absolute Gasteiger partial charge is 0.489 e. The topological polar surface area (TPSA) is 27.7 Å². The number of para-hydroxylation sites is 1. The highest BCUT2D eigenvalue weighted by Crippen LogP contribution is 2.35. The van der Waals surface area contributed by atoms with Gasteiger partial charge in [0.25, 0.3) is 0 Å². The quantitative estimate of drug-likeness (QED) is 0.825. The van der Waals surface area contributed by atoms with Crippen LogP contribution in [0.2, 0.25) is 5.02 Å². The zero-order valence-electron chi connectivity index (χ0n) is 10.2. The summed E-state index contributed by atoms with van der Waals surface area (Å²) in [7, 11) is 0. The first-order valence-electron chi connectivity index (χ1n) is 6.40. The number of ether oxygens (including phenoxy) is 3. The van der Waals surface area contributed by atoms with Crippen LogP contribution in [0.4, 0.5) is 0 Å². The molecule has 2 saturated heterocycles. The van der Waals surface area contributed by atoms with Gasteiger partial charge in [-0.1, -0.05) is 23.7 Å². The summed E-state index contributed by atoms with van der Waals surface area (Å²) in [5.74, 6) is 0.764. The molecule has 0 N–H and O–H groups in total. The Morgan fingerprint density at radius 1 is 1.28 bits per heavy atom. The zero-order valence-corrected chi connectivity index (χ0v) is 11.0. The highest BCUT2D eigenvalue weighted by Gasteiger charge is 2.41. The van der Waals surface area contributed by atoms with E-state index in [-0.39, 0.29) is 11.7 Å². The first kappa shape index (κ1) is 12.3. The first-order chi connectivity index (χ1) is 8.77. The van der Waals surface area contributed by atoms with Crippen molar-refractivity contribution in [3.05, 3.63) is 29.3 Å². The lowest BCUT2D eigenvalue weighted by molar-refractivity contribution is -0.112. The molecule has 1 aromatic carbocycles. The van der Waals surface area contributed by atoms with Gasteiger partial charge in [0.05, 0.1) is 23.8 Å². The first-order valence-corrected chi connectivity index (χ1v) is 6.78. The Kier molecular flexibility index (Phi) is 3.46. The number of benzene rings is 1. The van der Waals surface area contributed by atoms with E-state index in [1.54, 1.807) is 0 Å². The van der Waals surface area contributed by atoms with Crippen LogP contribution in [0.5, 0.6) is 5.75 Å². The van der Waals surface area contributed by atoms with Gasteiger partial charge in [0, 0.05) is 25.9 Å². The van der Waals surface area contributed by atoms with Crippen molar-refractivity contribution >= 4 is 11.6 Å². The molecule has 18 heavy (non-hydrogen) atoms. The number of hydrogen-bond acceptors (Lipinski definition) is 3. The van der Waals surface area contributed by atoms with Gasteiger partial charge in [0.15, 0.2) is 0 Å². The molecule has 1 spiro atoms. The maximum absolute atomic E-state index is 6.11. The lowest BCUT2D eigenvalue weighted by Gasteiger charge is -2.37. The van der Waals surface area contributed by atoms with E-state index in [9.17, 15) is 0 Å². The summed E-state index contributed by atoms with van der Waals surface area (Å²) in [6, 6.07) is 7.61. The van der Waals surface area contributed by atoms with Gasteiger partial charge < -0.3 is 14.2 Å². The van der Waals surface area contributed by atoms with E-state index in [0.717, 1.165) is 38.2 Å². The Balaban J connectivity index is 1.68. The molecule has 3 nitrogen and oxygen atoms in total. The highest BCUT2D eigenvalue weighted by molar-refractivity contribution is 6.32. The molecule has 3 rings (SSSR count). The SMILES string of the molecule is Clc1ccccc1OC1CCOC2(CCOC2)C1. The van der Waals surface area contributed by atoms with Crippen molar-refractivity contribution in [1.82, 2.24) is 0 Å². The summed E-state index contributed by atoms with van der Waals surface area (Å²) in [5, 5.41) is 0.667. The van der Waals surface area contributed by atoms with Crippen LogP contribution in [0, 0.1) is 0 Å². The Morgan fingerprint density at radius 2 is 2.17 bits per heavy atom. The number of rotatable bonds is 2. The van der Waals surface area contributed by atoms with Crippen LogP contribution in [-0.4, -0.2) is 31.5 Å². The monoisotopic (exact) mass is 268 g/mol. The maximum atomic E-state index is 6.11. The third-order valence-corrected chi connectivity index (χ3v) is 3.96. The molecule has 2 aliphatic rings. The lowest BCUT2D eigenvalue weighted by atomic mass is 9.91. The summed E-state index contributed by atoms with van der Waals surface area (Å²) in [4.78, 5) is 0. The van der Waals surface area contributed by atoms with E-state index in [1.807, 2.05) is 24.3 Å². The molecule has 2 heterocycles. The third kappa shape index (κ3) is 2.48. The Hall–Kier alpha value is -0.770. The van der Waals surface area contributed by atoms with E-state index in [1.165, 1.54) is 0 Å². The zero-order chi connectivity index (χ0) is 12.4. The average Bonchev–Trinajstić information content (AvgIpc) is 2.80. The van der Waals surface area contributed by atoms with Crippen molar-refractivity contribution < 1.29 is 14.2 Å². The lowest BCUT2D eigenvalue weighted by Crippen LogP contribution is -2.44. The molecular formula is C14H17ClO3. The van der Waals surface area contributed by atoms with E-state index in [2.05, 4.69) is 0 Å². The predicted octanol–water partition coefficient (Wildman–Crippen LogP) is 3.06. The van der Waals surface area contributed by atoms with Gasteiger partial charge in [-0.3, -0.25) is 0 Å². The number of halogens is 1. The molecule has 0 saturated carbocycles. The minimum atomic E-state index is -0.121. The van der Waals surface area contributed by atoms with Crippen molar-refractivity contribution in [2.45, 2.75) is 31.0 Å². The summed E-state index contributed by atoms with van der Waals surface area (Å²) in [6.07, 6.45) is 2.93. The van der Waals surface area contributed by atoms with Crippen molar-refractivity contribution in [3.8, 4) is 5.75 Å². The maximum Gasteiger partial charge on any atom is 0.138 e. The van der Waals surface area contributed by atoms with Crippen LogP contribution in [0.25, 0.3) is 0 Å². The Morgan fingerprint density at radius 3 is 2.94 bits per heavy atom. The van der Waals surface area contributed by atoms with Crippen LogP contribution >= 0.6 is 11.6 Å². The van der Waals surface area contributed by atoms with Gasteiger partial charge in [-0.05, 0) is 12.1 Å². The average molecular weight is 269 g/mol. The minimum absolute atomic E-state index is 0.121. The molecule has 2 aliphatic heterocycles. The van der Waals surface area contributed by atoms with Crippen molar-refractivity contribution in [2.24, 2.45) is 0 Å². The molecule has 0 bridgehead atoms. The van der Waals surface area contributed by atoms with Gasteiger partial charge in [0.1, 0.15) is 11.9 Å². The summed E-state index contributed by atoms with van der Waals surface area (Å²) in [5.41, 5.74) is -0.121. The van der Waals surface area contributed by atoms with Gasteiger partial charge in [-0.2, -0.15) is 0 Å². The fourth-order valence-electron chi connectivity index (χ4n) is 2.67. The molecule has 0 amide bonds. The van der Waals surface area contributed by atoms with E-state index >= 15 is 0 Å². The van der Waals surface area contributed by atoms with Gasteiger partial charge >= 0.3 is 0 Å². The fourth-order valence-corrected chi connectivity index (χ4v) is 2.85. The smallest absolute Gasteiger partial charge is 0.138 e. The van der Waals surface area contributed by atoms with Crippen LogP contribution in [-0.2, 0) is 9.47 Å². The van der Waals surface area contributed by atoms with Crippen LogP contribution in [0.1, 0.15) is 19.3 Å². The van der Waals surface area contributed by atoms with Gasteiger partial charge in [0.2, 0.25) is 0 Å². The predicted molar refractivity (Wildman–Crippen MR) is 69.2 cm³/mol. The van der Waals surface area contributed by atoms with E-state index in [0.29, 0.717) is 11.6 Å². The second kappa shape index (κ2) is 5.08. The van der Waals surface area contributed by atoms with Crippen LogP contribution in [0.15, 0.2) is 24.3 Å². The second-order valence-electron chi connectivity index (χ2n) is 5.00. The summed E-state index contributed by atoms with van der Waals surface area (Å²) >= 11 is 6.11. The molecule has 0 aliphatic carbocycles. The Bertz CT molecular complexity index is 415. The molecule has 2 fully saturated rings. The number of hydrogen-bond donors (Lipinski definition) is 0. The molecule has 98 valence electrons. The minimum Gasteiger partial charge on any atom is -0.489 e. The Labute approximate surface area is 112 Å². The molecule has 2 unspecified atom stereocenters. The highest BCUT2D eigenvalue weighted by atomic mass is 35.5. The van der Waals surface area contributed by atoms with Gasteiger partial charge in [-0.15, -0.1) is 0 Å². The van der Waals surface area contributed by atoms with Gasteiger partial charge in [-0.25, -0.2) is 0 Å². The van der Waals surface area contributed by atoms with Crippen molar-refractivity contribution in [2.75, 3.05) is 19.8 Å². The van der Waals surface area contributed by atoms with Crippen LogP contribution in [0.3, 0.4) is 0 Å². The van der Waals surface area contributed by atoms with Crippen LogP contribution < -0.4 is 4.74 Å². The van der Waals surface area contributed by atoms with E-state index < -0.39 is 0 Å². The standard InChI is InChI=1S/C14H17ClO3/c15-12-3-1-2-4-13(12)18-11-5-7-17-14(9-11)6-8-16-10-14/h1-4,11H,5-10H2. The molecule has 0 radical (unpaired) electrons. The molecule has 1 aromatic rings. The van der Waals surface area contributed by atoms with E-state index in [4.69, 9.17) is 25.8 Å². The third-order valence-electron chi connectivity index (χ3n) is 3.65. The summed E-state index contributed by atoms with van der Waals surface area (Å²) in [6.45, 7) is 2.21. The normalized spacial score (nSPS) is 31.7. The molecular weight excluding hydrogens is 252 g/mol. The van der Waals surface area contributed by atoms with Crippen molar-refractivity contribution in [1.29, 1.82) is 0 Å². The van der Waals surface area contributed by atoms with Crippen molar-refractivity contribution in [3.63, 3.8) is 0 Å². The molecule has 4 heteroatoms.